The molecule has 0 spiro atoms. The molecule has 0 aromatic heterocycles. The summed E-state index contributed by atoms with van der Waals surface area (Å²) in [6.07, 6.45) is 5.92. The molecular weight excluding hydrogens is 268 g/mol. The van der Waals surface area contributed by atoms with E-state index in [0.29, 0.717) is 18.1 Å². The van der Waals surface area contributed by atoms with Gasteiger partial charge in [0.05, 0.1) is 0 Å². The standard InChI is InChI=1S/C17H27ClN2/c1-3-12-20(15-10-8-14(19)9-11-15)13(2)16-6-4-5-7-17(16)18/h4-7,13-15H,3,8-12,19H2,1-2H3. The second-order valence-corrected chi connectivity index (χ2v) is 6.41. The van der Waals surface area contributed by atoms with Crippen LogP contribution in [-0.2, 0) is 0 Å². The molecule has 2 N–H and O–H groups in total. The van der Waals surface area contributed by atoms with Crippen molar-refractivity contribution in [1.82, 2.24) is 4.90 Å². The van der Waals surface area contributed by atoms with Gasteiger partial charge < -0.3 is 5.73 Å². The van der Waals surface area contributed by atoms with E-state index in [1.165, 1.54) is 24.8 Å². The van der Waals surface area contributed by atoms with Gasteiger partial charge in [-0.25, -0.2) is 0 Å². The van der Waals surface area contributed by atoms with Crippen molar-refractivity contribution in [3.8, 4) is 0 Å². The molecule has 112 valence electrons. The van der Waals surface area contributed by atoms with Gasteiger partial charge in [-0.3, -0.25) is 4.90 Å². The number of hydrogen-bond donors (Lipinski definition) is 1. The molecular formula is C17H27ClN2. The topological polar surface area (TPSA) is 29.3 Å². The predicted molar refractivity (Wildman–Crippen MR) is 87.1 cm³/mol. The summed E-state index contributed by atoms with van der Waals surface area (Å²) in [7, 11) is 0. The molecule has 1 aromatic rings. The van der Waals surface area contributed by atoms with Crippen LogP contribution < -0.4 is 5.73 Å². The first-order chi connectivity index (χ1) is 9.63. The van der Waals surface area contributed by atoms with Crippen molar-refractivity contribution >= 4 is 11.6 Å². The van der Waals surface area contributed by atoms with Crippen molar-refractivity contribution in [1.29, 1.82) is 0 Å². The highest BCUT2D eigenvalue weighted by atomic mass is 35.5. The second kappa shape index (κ2) is 7.44. The molecule has 0 radical (unpaired) electrons. The third-order valence-corrected chi connectivity index (χ3v) is 4.89. The van der Waals surface area contributed by atoms with E-state index in [4.69, 9.17) is 17.3 Å². The van der Waals surface area contributed by atoms with E-state index < -0.39 is 0 Å². The number of nitrogens with two attached hydrogens (primary N) is 1. The summed E-state index contributed by atoms with van der Waals surface area (Å²) < 4.78 is 0. The quantitative estimate of drug-likeness (QED) is 0.873. The van der Waals surface area contributed by atoms with Crippen molar-refractivity contribution in [3.63, 3.8) is 0 Å². The van der Waals surface area contributed by atoms with Gasteiger partial charge in [0.15, 0.2) is 0 Å². The van der Waals surface area contributed by atoms with E-state index in [9.17, 15) is 0 Å². The van der Waals surface area contributed by atoms with Crippen LogP contribution in [0.25, 0.3) is 0 Å². The molecule has 0 bridgehead atoms. The predicted octanol–water partition coefficient (Wildman–Crippen LogP) is 4.38. The molecule has 2 nitrogen and oxygen atoms in total. The van der Waals surface area contributed by atoms with Crippen molar-refractivity contribution < 1.29 is 0 Å². The average Bonchev–Trinajstić information content (AvgIpc) is 2.46. The highest BCUT2D eigenvalue weighted by Gasteiger charge is 2.28. The monoisotopic (exact) mass is 294 g/mol. The fourth-order valence-corrected chi connectivity index (χ4v) is 3.67. The molecule has 0 amide bonds. The van der Waals surface area contributed by atoms with Gasteiger partial charge in [0.2, 0.25) is 0 Å². The summed E-state index contributed by atoms with van der Waals surface area (Å²) in [5.41, 5.74) is 7.29. The summed E-state index contributed by atoms with van der Waals surface area (Å²) in [6.45, 7) is 5.67. The minimum Gasteiger partial charge on any atom is -0.328 e. The minimum absolute atomic E-state index is 0.378. The van der Waals surface area contributed by atoms with Gasteiger partial charge in [0, 0.05) is 23.1 Å². The normalized spacial score (nSPS) is 24.9. The zero-order valence-corrected chi connectivity index (χ0v) is 13.4. The Balaban J connectivity index is 2.13. The van der Waals surface area contributed by atoms with E-state index in [2.05, 4.69) is 30.9 Å². The fraction of sp³-hybridized carbons (Fsp3) is 0.647. The Kier molecular flexibility index (Phi) is 5.88. The molecule has 1 aromatic carbocycles. The maximum Gasteiger partial charge on any atom is 0.0453 e. The van der Waals surface area contributed by atoms with Crippen LogP contribution in [0.4, 0.5) is 0 Å². The zero-order chi connectivity index (χ0) is 14.5. The highest BCUT2D eigenvalue weighted by Crippen LogP contribution is 2.32. The van der Waals surface area contributed by atoms with E-state index in [0.717, 1.165) is 24.4 Å². The lowest BCUT2D eigenvalue weighted by Crippen LogP contribution is -2.42. The van der Waals surface area contributed by atoms with E-state index >= 15 is 0 Å². The molecule has 0 heterocycles. The van der Waals surface area contributed by atoms with Crippen LogP contribution in [0.5, 0.6) is 0 Å². The lowest BCUT2D eigenvalue weighted by molar-refractivity contribution is 0.107. The smallest absolute Gasteiger partial charge is 0.0453 e. The van der Waals surface area contributed by atoms with Crippen molar-refractivity contribution in [3.05, 3.63) is 34.9 Å². The number of benzene rings is 1. The van der Waals surface area contributed by atoms with Crippen LogP contribution in [0, 0.1) is 0 Å². The van der Waals surface area contributed by atoms with E-state index in [1.807, 2.05) is 12.1 Å². The Bertz CT molecular complexity index is 413. The van der Waals surface area contributed by atoms with Crippen LogP contribution in [0.15, 0.2) is 24.3 Å². The third kappa shape index (κ3) is 3.75. The molecule has 1 unspecified atom stereocenters. The summed E-state index contributed by atoms with van der Waals surface area (Å²) in [5.74, 6) is 0. The Labute approximate surface area is 128 Å². The Hall–Kier alpha value is -0.570. The SMILES string of the molecule is CCCN(C1CCC(N)CC1)C(C)c1ccccc1Cl. The lowest BCUT2D eigenvalue weighted by atomic mass is 9.89. The Morgan fingerprint density at radius 3 is 2.50 bits per heavy atom. The summed E-state index contributed by atoms with van der Waals surface area (Å²) in [4.78, 5) is 2.63. The molecule has 1 aliphatic carbocycles. The molecule has 1 aliphatic rings. The van der Waals surface area contributed by atoms with Gasteiger partial charge in [0.25, 0.3) is 0 Å². The first kappa shape index (κ1) is 15.8. The minimum atomic E-state index is 0.378. The maximum atomic E-state index is 6.38. The van der Waals surface area contributed by atoms with Crippen LogP contribution in [0.3, 0.4) is 0 Å². The van der Waals surface area contributed by atoms with Gasteiger partial charge in [-0.2, -0.15) is 0 Å². The molecule has 3 heteroatoms. The van der Waals surface area contributed by atoms with Crippen LogP contribution in [0.1, 0.15) is 57.6 Å². The Morgan fingerprint density at radius 2 is 1.90 bits per heavy atom. The lowest BCUT2D eigenvalue weighted by Gasteiger charge is -2.40. The summed E-state index contributed by atoms with van der Waals surface area (Å²) in [5, 5.41) is 0.883. The summed E-state index contributed by atoms with van der Waals surface area (Å²) >= 11 is 6.38. The van der Waals surface area contributed by atoms with Gasteiger partial charge in [-0.05, 0) is 57.2 Å². The average molecular weight is 295 g/mol. The molecule has 1 atom stereocenters. The van der Waals surface area contributed by atoms with E-state index in [-0.39, 0.29) is 0 Å². The number of nitrogens with zero attached hydrogens (tertiary/aromatic N) is 1. The molecule has 20 heavy (non-hydrogen) atoms. The molecule has 1 fully saturated rings. The summed E-state index contributed by atoms with van der Waals surface area (Å²) in [6, 6.07) is 9.67. The van der Waals surface area contributed by atoms with Crippen molar-refractivity contribution in [2.24, 2.45) is 5.73 Å². The first-order valence-corrected chi connectivity index (χ1v) is 8.27. The van der Waals surface area contributed by atoms with E-state index in [1.54, 1.807) is 0 Å². The highest BCUT2D eigenvalue weighted by molar-refractivity contribution is 6.31. The second-order valence-electron chi connectivity index (χ2n) is 6.00. The fourth-order valence-electron chi connectivity index (χ4n) is 3.38. The van der Waals surface area contributed by atoms with Crippen LogP contribution in [0.2, 0.25) is 5.02 Å². The van der Waals surface area contributed by atoms with Crippen LogP contribution >= 0.6 is 11.6 Å². The molecule has 1 saturated carbocycles. The van der Waals surface area contributed by atoms with Gasteiger partial charge in [-0.1, -0.05) is 36.7 Å². The molecule has 0 saturated heterocycles. The third-order valence-electron chi connectivity index (χ3n) is 4.54. The number of rotatable bonds is 5. The Morgan fingerprint density at radius 1 is 1.25 bits per heavy atom. The molecule has 2 rings (SSSR count). The van der Waals surface area contributed by atoms with Crippen molar-refractivity contribution in [2.75, 3.05) is 6.54 Å². The maximum absolute atomic E-state index is 6.38. The van der Waals surface area contributed by atoms with Crippen molar-refractivity contribution in [2.45, 2.75) is 64.1 Å². The largest absolute Gasteiger partial charge is 0.328 e. The van der Waals surface area contributed by atoms with Gasteiger partial charge in [-0.15, -0.1) is 0 Å². The van der Waals surface area contributed by atoms with Crippen LogP contribution in [-0.4, -0.2) is 23.5 Å². The van der Waals surface area contributed by atoms with Gasteiger partial charge in [0.1, 0.15) is 0 Å². The first-order valence-electron chi connectivity index (χ1n) is 7.89. The van der Waals surface area contributed by atoms with Gasteiger partial charge >= 0.3 is 0 Å². The number of halogens is 1. The zero-order valence-electron chi connectivity index (χ0n) is 12.7. The molecule has 0 aliphatic heterocycles. The number of hydrogen-bond acceptors (Lipinski definition) is 2.